The zero-order valence-corrected chi connectivity index (χ0v) is 14.7. The lowest BCUT2D eigenvalue weighted by Crippen LogP contribution is -2.36. The first-order valence-electron chi connectivity index (χ1n) is 8.35. The summed E-state index contributed by atoms with van der Waals surface area (Å²) in [5, 5.41) is 7.34. The number of nitrogens with one attached hydrogen (secondary N) is 1. The minimum atomic E-state index is -0.213. The van der Waals surface area contributed by atoms with E-state index in [9.17, 15) is 9.59 Å². The average Bonchev–Trinajstić information content (AvgIpc) is 3.22. The van der Waals surface area contributed by atoms with E-state index in [0.29, 0.717) is 24.4 Å². The molecule has 0 aromatic carbocycles. The lowest BCUT2D eigenvalue weighted by Gasteiger charge is -2.10. The van der Waals surface area contributed by atoms with Gasteiger partial charge >= 0.3 is 0 Å². The van der Waals surface area contributed by atoms with Gasteiger partial charge in [-0.05, 0) is 37.8 Å². The number of carbonyl (C=O) groups is 1. The third kappa shape index (κ3) is 2.62. The second kappa shape index (κ2) is 5.73. The molecule has 0 unspecified atom stereocenters. The maximum atomic E-state index is 12.7. The fraction of sp³-hybridized carbons (Fsp3) is 0.471. The highest BCUT2D eigenvalue weighted by atomic mass is 32.1. The van der Waals surface area contributed by atoms with E-state index in [1.165, 1.54) is 22.4 Å². The normalized spacial score (nSPS) is 14.6. The molecule has 24 heavy (non-hydrogen) atoms. The molecule has 0 radical (unpaired) electrons. The summed E-state index contributed by atoms with van der Waals surface area (Å²) in [7, 11) is 0. The van der Waals surface area contributed by atoms with Crippen LogP contribution in [0.1, 0.15) is 30.5 Å². The van der Waals surface area contributed by atoms with Gasteiger partial charge in [-0.3, -0.25) is 14.0 Å². The predicted octanol–water partition coefficient (Wildman–Crippen LogP) is 2.11. The molecule has 0 saturated heterocycles. The number of hydrogen-bond donors (Lipinski definition) is 1. The van der Waals surface area contributed by atoms with Crippen molar-refractivity contribution in [1.29, 1.82) is 0 Å². The number of fused-ring (bicyclic) bond motifs is 3. The predicted molar refractivity (Wildman–Crippen MR) is 94.7 cm³/mol. The van der Waals surface area contributed by atoms with E-state index >= 15 is 0 Å². The summed E-state index contributed by atoms with van der Waals surface area (Å²) in [6.45, 7) is 4.75. The average molecular weight is 344 g/mol. The Labute approximate surface area is 143 Å². The van der Waals surface area contributed by atoms with Crippen molar-refractivity contribution in [3.63, 3.8) is 0 Å². The van der Waals surface area contributed by atoms with Crippen LogP contribution in [0.5, 0.6) is 0 Å². The molecule has 126 valence electrons. The Morgan fingerprint density at radius 1 is 1.38 bits per heavy atom. The van der Waals surface area contributed by atoms with Crippen molar-refractivity contribution in [2.24, 2.45) is 5.92 Å². The van der Waals surface area contributed by atoms with Gasteiger partial charge in [0.1, 0.15) is 17.9 Å². The van der Waals surface area contributed by atoms with Crippen molar-refractivity contribution in [2.45, 2.75) is 39.7 Å². The Morgan fingerprint density at radius 2 is 2.17 bits per heavy atom. The maximum absolute atomic E-state index is 12.7. The Morgan fingerprint density at radius 3 is 2.88 bits per heavy atom. The van der Waals surface area contributed by atoms with E-state index < -0.39 is 0 Å². The Kier molecular flexibility index (Phi) is 3.68. The van der Waals surface area contributed by atoms with Gasteiger partial charge in [0.15, 0.2) is 0 Å². The van der Waals surface area contributed by atoms with Crippen molar-refractivity contribution < 1.29 is 4.79 Å². The van der Waals surface area contributed by atoms with Crippen LogP contribution in [-0.4, -0.2) is 26.6 Å². The molecule has 1 aliphatic carbocycles. The topological polar surface area (TPSA) is 68.4 Å². The van der Waals surface area contributed by atoms with Crippen LogP contribution in [0.15, 0.2) is 16.9 Å². The lowest BCUT2D eigenvalue weighted by molar-refractivity contribution is -0.122. The molecule has 1 fully saturated rings. The molecule has 0 aliphatic heterocycles. The van der Waals surface area contributed by atoms with Crippen molar-refractivity contribution >= 4 is 33.0 Å². The summed E-state index contributed by atoms with van der Waals surface area (Å²) in [5.74, 6) is 1.27. The molecule has 0 spiro atoms. The highest BCUT2D eigenvalue weighted by Crippen LogP contribution is 2.28. The molecule has 1 aliphatic rings. The number of hydrogen-bond acceptors (Lipinski definition) is 4. The molecule has 3 aromatic rings. The standard InChI is InChI=1S/C17H20N4O2S/c1-3-15-19-20(9-16(22)18-8-11-4-5-11)17(23)13-7-14-12(21(13)15)6-10(2)24-14/h6-7,11H,3-5,8-9H2,1-2H3,(H,18,22). The number of aromatic nitrogens is 3. The van der Waals surface area contributed by atoms with Crippen LogP contribution in [0.2, 0.25) is 0 Å². The zero-order chi connectivity index (χ0) is 16.8. The van der Waals surface area contributed by atoms with Crippen LogP contribution in [0.25, 0.3) is 15.7 Å². The number of amides is 1. The number of thiophene rings is 1. The van der Waals surface area contributed by atoms with Gasteiger partial charge in [-0.25, -0.2) is 4.68 Å². The van der Waals surface area contributed by atoms with Gasteiger partial charge in [0.25, 0.3) is 5.56 Å². The minimum Gasteiger partial charge on any atom is -0.354 e. The third-order valence-electron chi connectivity index (χ3n) is 4.46. The lowest BCUT2D eigenvalue weighted by atomic mass is 10.4. The summed E-state index contributed by atoms with van der Waals surface area (Å²) in [6.07, 6.45) is 3.06. The van der Waals surface area contributed by atoms with Crippen molar-refractivity contribution in [1.82, 2.24) is 19.5 Å². The first-order valence-corrected chi connectivity index (χ1v) is 9.16. The Balaban J connectivity index is 1.74. The van der Waals surface area contributed by atoms with Gasteiger partial charge in [0.05, 0.1) is 10.2 Å². The monoisotopic (exact) mass is 344 g/mol. The Bertz CT molecular complexity index is 994. The van der Waals surface area contributed by atoms with Crippen LogP contribution in [-0.2, 0) is 17.8 Å². The smallest absolute Gasteiger partial charge is 0.291 e. The Hall–Kier alpha value is -2.15. The van der Waals surface area contributed by atoms with E-state index in [-0.39, 0.29) is 18.0 Å². The molecule has 0 bridgehead atoms. The zero-order valence-electron chi connectivity index (χ0n) is 13.8. The van der Waals surface area contributed by atoms with Gasteiger partial charge in [0, 0.05) is 17.8 Å². The van der Waals surface area contributed by atoms with E-state index in [0.717, 1.165) is 16.0 Å². The molecular formula is C17H20N4O2S. The van der Waals surface area contributed by atoms with Crippen LogP contribution in [0.3, 0.4) is 0 Å². The van der Waals surface area contributed by atoms with Crippen LogP contribution in [0, 0.1) is 12.8 Å². The summed E-state index contributed by atoms with van der Waals surface area (Å²) in [5.41, 5.74) is 1.41. The van der Waals surface area contributed by atoms with Gasteiger partial charge in [-0.1, -0.05) is 6.92 Å². The summed E-state index contributed by atoms with van der Waals surface area (Å²) >= 11 is 1.67. The van der Waals surface area contributed by atoms with E-state index in [1.807, 2.05) is 17.4 Å². The fourth-order valence-corrected chi connectivity index (χ4v) is 3.96. The van der Waals surface area contributed by atoms with Gasteiger partial charge in [-0.15, -0.1) is 11.3 Å². The number of carbonyl (C=O) groups excluding carboxylic acids is 1. The van der Waals surface area contributed by atoms with Crippen molar-refractivity contribution in [3.05, 3.63) is 33.2 Å². The van der Waals surface area contributed by atoms with Crippen molar-refractivity contribution in [2.75, 3.05) is 6.54 Å². The molecule has 1 N–H and O–H groups in total. The maximum Gasteiger partial charge on any atom is 0.291 e. The van der Waals surface area contributed by atoms with E-state index in [2.05, 4.69) is 23.4 Å². The third-order valence-corrected chi connectivity index (χ3v) is 5.44. The second-order valence-corrected chi connectivity index (χ2v) is 7.74. The van der Waals surface area contributed by atoms with Crippen LogP contribution < -0.4 is 10.9 Å². The van der Waals surface area contributed by atoms with Crippen LogP contribution >= 0.6 is 11.3 Å². The van der Waals surface area contributed by atoms with Crippen LogP contribution in [0.4, 0.5) is 0 Å². The molecule has 4 rings (SSSR count). The molecule has 6 nitrogen and oxygen atoms in total. The molecule has 0 atom stereocenters. The molecule has 3 heterocycles. The van der Waals surface area contributed by atoms with E-state index in [1.54, 1.807) is 11.3 Å². The summed E-state index contributed by atoms with van der Waals surface area (Å²) in [6, 6.07) is 3.99. The SMILES string of the molecule is CCc1nn(CC(=O)NCC2CC2)c(=O)c2cc3sc(C)cc3n12. The quantitative estimate of drug-likeness (QED) is 0.771. The summed E-state index contributed by atoms with van der Waals surface area (Å²) < 4.78 is 4.31. The van der Waals surface area contributed by atoms with Gasteiger partial charge < -0.3 is 5.32 Å². The molecule has 7 heteroatoms. The number of rotatable bonds is 5. The number of nitrogens with zero attached hydrogens (tertiary/aromatic N) is 3. The highest BCUT2D eigenvalue weighted by molar-refractivity contribution is 7.19. The molecule has 1 saturated carbocycles. The molecule has 3 aromatic heterocycles. The second-order valence-electron chi connectivity index (χ2n) is 6.45. The summed E-state index contributed by atoms with van der Waals surface area (Å²) in [4.78, 5) is 26.0. The largest absolute Gasteiger partial charge is 0.354 e. The first kappa shape index (κ1) is 15.4. The molecular weight excluding hydrogens is 324 g/mol. The highest BCUT2D eigenvalue weighted by Gasteiger charge is 2.22. The van der Waals surface area contributed by atoms with Gasteiger partial charge in [-0.2, -0.15) is 5.10 Å². The number of aryl methyl sites for hydroxylation is 2. The minimum absolute atomic E-state index is 0.0209. The van der Waals surface area contributed by atoms with E-state index in [4.69, 9.17) is 0 Å². The van der Waals surface area contributed by atoms with Gasteiger partial charge in [0.2, 0.25) is 5.91 Å². The molecule has 1 amide bonds. The fourth-order valence-electron chi connectivity index (χ4n) is 3.02. The first-order chi connectivity index (χ1) is 11.6. The van der Waals surface area contributed by atoms with Crippen molar-refractivity contribution in [3.8, 4) is 0 Å².